The van der Waals surface area contributed by atoms with E-state index in [9.17, 15) is 19.2 Å². The van der Waals surface area contributed by atoms with Crippen LogP contribution in [0.5, 0.6) is 0 Å². The Morgan fingerprint density at radius 3 is 1.39 bits per heavy atom. The lowest BCUT2D eigenvalue weighted by atomic mass is 10.5. The topological polar surface area (TPSA) is 162 Å². The second-order valence-electron chi connectivity index (χ2n) is 6.02. The summed E-state index contributed by atoms with van der Waals surface area (Å²) in [6.07, 6.45) is 0.731. The van der Waals surface area contributed by atoms with E-state index in [-0.39, 0.29) is 0 Å². The predicted molar refractivity (Wildman–Crippen MR) is 115 cm³/mol. The van der Waals surface area contributed by atoms with Crippen LogP contribution in [0, 0.1) is 0 Å². The van der Waals surface area contributed by atoms with Gasteiger partial charge in [0.1, 0.15) is 0 Å². The summed E-state index contributed by atoms with van der Waals surface area (Å²) >= 11 is 0. The molecule has 182 valence electrons. The molecule has 0 fully saturated rings. The Hall–Kier alpha value is -2.01. The molecule has 0 bridgehead atoms. The van der Waals surface area contributed by atoms with Crippen molar-refractivity contribution in [3.05, 3.63) is 0 Å². The maximum atomic E-state index is 10.7. The molecule has 31 heavy (non-hydrogen) atoms. The Labute approximate surface area is 185 Å². The third-order valence-electron chi connectivity index (χ3n) is 3.04. The van der Waals surface area contributed by atoms with E-state index in [0.717, 1.165) is 27.2 Å². The highest BCUT2D eigenvalue weighted by molar-refractivity contribution is 6.64. The first-order valence-corrected chi connectivity index (χ1v) is 14.0. The van der Waals surface area contributed by atoms with Crippen molar-refractivity contribution in [2.75, 3.05) is 26.4 Å². The lowest BCUT2D eigenvalue weighted by molar-refractivity contribution is -0.147. The summed E-state index contributed by atoms with van der Waals surface area (Å²) < 4.78 is 31.0. The molecule has 0 saturated heterocycles. The van der Waals surface area contributed by atoms with E-state index in [1.54, 1.807) is 0 Å². The van der Waals surface area contributed by atoms with Gasteiger partial charge in [-0.3, -0.25) is 14.4 Å². The number of rotatable bonds is 13. The van der Waals surface area contributed by atoms with Crippen LogP contribution in [0.4, 0.5) is 4.79 Å². The number of carbonyl (C=O) groups excluding carboxylic acids is 4. The molecule has 12 nitrogen and oxygen atoms in total. The van der Waals surface area contributed by atoms with Gasteiger partial charge in [-0.25, -0.2) is 4.79 Å². The fraction of sp³-hybridized carbons (Fsp3) is 0.765. The van der Waals surface area contributed by atoms with Gasteiger partial charge in [-0.2, -0.15) is 0 Å². The fourth-order valence-corrected chi connectivity index (χ4v) is 6.67. The van der Waals surface area contributed by atoms with Crippen molar-refractivity contribution < 1.29 is 45.7 Å². The van der Waals surface area contributed by atoms with E-state index in [1.165, 1.54) is 6.55 Å². The number of urea groups is 1. The average Bonchev–Trinajstić information content (AvgIpc) is 2.57. The lowest BCUT2D eigenvalue weighted by Gasteiger charge is -2.28. The van der Waals surface area contributed by atoms with Crippen molar-refractivity contribution in [2.24, 2.45) is 5.73 Å². The monoisotopic (exact) mass is 484 g/mol. The summed E-state index contributed by atoms with van der Waals surface area (Å²) in [6, 6.07) is 0.171. The zero-order chi connectivity index (χ0) is 24.5. The molecule has 0 aromatic rings. The Morgan fingerprint density at radius 2 is 1.13 bits per heavy atom. The van der Waals surface area contributed by atoms with Crippen LogP contribution >= 0.6 is 0 Å². The SMILES string of the molecule is CC(=O)O[Si](C)(OC(C)=O)OC(C)=O.CCO[Si](CCCNC(N)=O)(OCC)OCC. The largest absolute Gasteiger partial charge is 0.701 e. The minimum atomic E-state index is -3.49. The molecule has 0 rings (SSSR count). The Morgan fingerprint density at radius 1 is 0.774 bits per heavy atom. The zero-order valence-corrected chi connectivity index (χ0v) is 21.4. The van der Waals surface area contributed by atoms with Gasteiger partial charge in [-0.15, -0.1) is 0 Å². The Kier molecular flexibility index (Phi) is 16.8. The molecule has 2 amide bonds. The standard InChI is InChI=1S/C10H24N2O4Si.C7H12O6Si/c1-4-14-17(15-5-2,16-6-3)9-7-8-12-10(11)13;1-5(8)11-14(4,12-6(2)9)13-7(3)10/h4-9H2,1-3H3,(H3,11,12,13);1-4H3. The highest BCUT2D eigenvalue weighted by Crippen LogP contribution is 2.17. The first-order chi connectivity index (χ1) is 14.3. The smallest absolute Gasteiger partial charge is 0.455 e. The quantitative estimate of drug-likeness (QED) is 0.288. The number of nitrogens with two attached hydrogens (primary N) is 1. The van der Waals surface area contributed by atoms with Crippen LogP contribution < -0.4 is 11.1 Å². The summed E-state index contributed by atoms with van der Waals surface area (Å²) in [7, 11) is -6.05. The Balaban J connectivity index is 0. The third kappa shape index (κ3) is 17.4. The fourth-order valence-electron chi connectivity index (χ4n) is 2.36. The molecule has 14 heteroatoms. The van der Waals surface area contributed by atoms with E-state index in [2.05, 4.69) is 18.6 Å². The van der Waals surface area contributed by atoms with Crippen molar-refractivity contribution in [3.63, 3.8) is 0 Å². The van der Waals surface area contributed by atoms with Crippen molar-refractivity contribution in [1.29, 1.82) is 0 Å². The van der Waals surface area contributed by atoms with Gasteiger partial charge in [0.05, 0.1) is 0 Å². The van der Waals surface area contributed by atoms with E-state index in [0.29, 0.717) is 32.4 Å². The van der Waals surface area contributed by atoms with Gasteiger partial charge >= 0.3 is 23.6 Å². The first-order valence-electron chi connectivity index (χ1n) is 9.89. The minimum absolute atomic E-state index is 0.511. The highest BCUT2D eigenvalue weighted by atomic mass is 28.4. The summed E-state index contributed by atoms with van der Waals surface area (Å²) in [5.74, 6) is -2.00. The van der Waals surface area contributed by atoms with Crippen molar-refractivity contribution >= 4 is 41.5 Å². The number of amides is 2. The molecule has 0 aromatic heterocycles. The molecular weight excluding hydrogens is 448 g/mol. The number of hydrogen-bond acceptors (Lipinski definition) is 10. The minimum Gasteiger partial charge on any atom is -0.455 e. The van der Waals surface area contributed by atoms with Crippen molar-refractivity contribution in [3.8, 4) is 0 Å². The predicted octanol–water partition coefficient (Wildman–Crippen LogP) is 1.34. The average molecular weight is 485 g/mol. The molecule has 0 aliphatic heterocycles. The van der Waals surface area contributed by atoms with E-state index in [1.807, 2.05) is 20.8 Å². The first kappa shape index (κ1) is 31.2. The molecule has 3 N–H and O–H groups in total. The maximum Gasteiger partial charge on any atom is 0.701 e. The summed E-state index contributed by atoms with van der Waals surface area (Å²) in [5, 5.41) is 2.54. The van der Waals surface area contributed by atoms with E-state index >= 15 is 0 Å². The van der Waals surface area contributed by atoms with Gasteiger partial charge in [-0.05, 0) is 27.2 Å². The van der Waals surface area contributed by atoms with Gasteiger partial charge < -0.3 is 37.6 Å². The van der Waals surface area contributed by atoms with Crippen LogP contribution in [0.2, 0.25) is 12.6 Å². The van der Waals surface area contributed by atoms with Crippen LogP contribution in [-0.4, -0.2) is 67.9 Å². The third-order valence-corrected chi connectivity index (χ3v) is 8.17. The number of hydrogen-bond donors (Lipinski definition) is 2. The second-order valence-corrected chi connectivity index (χ2v) is 11.1. The van der Waals surface area contributed by atoms with Gasteiger partial charge in [0, 0.05) is 59.7 Å². The molecule has 0 unspecified atom stereocenters. The van der Waals surface area contributed by atoms with Crippen LogP contribution in [0.25, 0.3) is 0 Å². The highest BCUT2D eigenvalue weighted by Gasteiger charge is 2.45. The molecule has 0 radical (unpaired) electrons. The van der Waals surface area contributed by atoms with Gasteiger partial charge in [-0.1, -0.05) is 0 Å². The molecule has 0 heterocycles. The Bertz CT molecular complexity index is 519. The van der Waals surface area contributed by atoms with Gasteiger partial charge in [0.2, 0.25) is 0 Å². The van der Waals surface area contributed by atoms with Crippen LogP contribution in [0.3, 0.4) is 0 Å². The molecule has 0 atom stereocenters. The van der Waals surface area contributed by atoms with Crippen molar-refractivity contribution in [1.82, 2.24) is 5.32 Å². The maximum absolute atomic E-state index is 10.7. The van der Waals surface area contributed by atoms with Crippen molar-refractivity contribution in [2.45, 2.75) is 60.6 Å². The summed E-state index contributed by atoms with van der Waals surface area (Å²) in [6.45, 7) is 12.7. The molecule has 0 spiro atoms. The van der Waals surface area contributed by atoms with Crippen LogP contribution in [0.1, 0.15) is 48.0 Å². The van der Waals surface area contributed by atoms with E-state index in [4.69, 9.17) is 19.0 Å². The second kappa shape index (κ2) is 16.7. The number of primary amides is 1. The van der Waals surface area contributed by atoms with Crippen LogP contribution in [-0.2, 0) is 40.9 Å². The molecule has 0 aromatic carbocycles. The molecular formula is C17H36N2O10Si2. The van der Waals surface area contributed by atoms with Gasteiger partial charge in [0.15, 0.2) is 0 Å². The number of carbonyl (C=O) groups is 4. The number of nitrogens with one attached hydrogen (secondary N) is 1. The normalized spacial score (nSPS) is 10.9. The summed E-state index contributed by atoms with van der Waals surface area (Å²) in [5.41, 5.74) is 4.99. The molecule has 0 saturated carbocycles. The molecule has 0 aliphatic carbocycles. The summed E-state index contributed by atoms with van der Waals surface area (Å²) in [4.78, 5) is 42.5. The van der Waals surface area contributed by atoms with Crippen LogP contribution in [0.15, 0.2) is 0 Å². The lowest BCUT2D eigenvalue weighted by Crippen LogP contribution is -2.46. The van der Waals surface area contributed by atoms with Gasteiger partial charge in [0.25, 0.3) is 17.9 Å². The van der Waals surface area contributed by atoms with E-state index < -0.39 is 41.5 Å². The zero-order valence-electron chi connectivity index (χ0n) is 19.4. The molecule has 0 aliphatic rings.